The fourth-order valence-electron chi connectivity index (χ4n) is 2.45. The second-order valence-corrected chi connectivity index (χ2v) is 7.89. The largest absolute Gasteiger partial charge is 0.341 e. The molecule has 3 aromatic rings. The highest BCUT2D eigenvalue weighted by molar-refractivity contribution is 9.11. The van der Waals surface area contributed by atoms with Crippen molar-refractivity contribution in [1.29, 1.82) is 0 Å². The average Bonchev–Trinajstić information content (AvgIpc) is 2.48. The van der Waals surface area contributed by atoms with Crippen LogP contribution >= 0.6 is 47.8 Å². The third-order valence-corrected chi connectivity index (χ3v) is 5.10. The highest BCUT2D eigenvalue weighted by Crippen LogP contribution is 2.28. The van der Waals surface area contributed by atoms with E-state index in [1.54, 1.807) is 12.1 Å². The van der Waals surface area contributed by atoms with Gasteiger partial charge < -0.3 is 10.3 Å². The summed E-state index contributed by atoms with van der Waals surface area (Å²) in [4.78, 5) is 28.1. The van der Waals surface area contributed by atoms with E-state index in [9.17, 15) is 9.59 Å². The minimum atomic E-state index is -0.310. The average molecular weight is 515 g/mol. The summed E-state index contributed by atoms with van der Waals surface area (Å²) in [5.41, 5.74) is 1.19. The minimum Gasteiger partial charge on any atom is -0.341 e. The number of ketones is 1. The third kappa shape index (κ3) is 3.34. The number of fused-ring (bicyclic) bond motifs is 1. The molecule has 0 aliphatic carbocycles. The molecule has 1 aromatic heterocycles. The van der Waals surface area contributed by atoms with E-state index in [4.69, 9.17) is 0 Å². The molecular weight excluding hydrogens is 504 g/mol. The number of hydrogen-bond donors (Lipinski definition) is 2. The molecule has 122 valence electrons. The molecule has 0 bridgehead atoms. The van der Waals surface area contributed by atoms with E-state index in [0.717, 1.165) is 14.6 Å². The van der Waals surface area contributed by atoms with E-state index in [2.05, 4.69) is 58.1 Å². The maximum Gasteiger partial charge on any atom is 0.203 e. The van der Waals surface area contributed by atoms with Gasteiger partial charge in [-0.2, -0.15) is 0 Å². The Labute approximate surface area is 163 Å². The van der Waals surface area contributed by atoms with Gasteiger partial charge in [0.15, 0.2) is 5.78 Å². The Bertz CT molecular complexity index is 1010. The van der Waals surface area contributed by atoms with Crippen LogP contribution in [0.5, 0.6) is 0 Å². The first-order valence-electron chi connectivity index (χ1n) is 6.95. The van der Waals surface area contributed by atoms with Crippen LogP contribution in [-0.4, -0.2) is 10.8 Å². The molecule has 2 N–H and O–H groups in total. The fourth-order valence-corrected chi connectivity index (χ4v) is 4.12. The topological polar surface area (TPSA) is 62.0 Å². The number of H-pyrrole nitrogens is 1. The molecule has 0 fully saturated rings. The van der Waals surface area contributed by atoms with Crippen LogP contribution in [0.3, 0.4) is 0 Å². The summed E-state index contributed by atoms with van der Waals surface area (Å²) in [6.45, 7) is 1.38. The highest BCUT2D eigenvalue weighted by Gasteiger charge is 2.18. The number of anilines is 2. The molecule has 2 aromatic carbocycles. The van der Waals surface area contributed by atoms with Crippen LogP contribution in [-0.2, 0) is 0 Å². The smallest absolute Gasteiger partial charge is 0.203 e. The van der Waals surface area contributed by atoms with E-state index in [0.29, 0.717) is 21.2 Å². The molecular formula is C17H11Br3N2O2. The molecule has 4 nitrogen and oxygen atoms in total. The van der Waals surface area contributed by atoms with Gasteiger partial charge in [0.1, 0.15) is 11.4 Å². The van der Waals surface area contributed by atoms with Gasteiger partial charge in [0.05, 0.1) is 10.9 Å². The number of halogens is 3. The molecule has 0 atom stereocenters. The van der Waals surface area contributed by atoms with E-state index in [1.807, 2.05) is 24.3 Å². The van der Waals surface area contributed by atoms with Crippen LogP contribution in [0.2, 0.25) is 0 Å². The Morgan fingerprint density at radius 1 is 1.04 bits per heavy atom. The zero-order valence-corrected chi connectivity index (χ0v) is 17.2. The lowest BCUT2D eigenvalue weighted by molar-refractivity contribution is 0.101. The number of aromatic nitrogens is 1. The second-order valence-electron chi connectivity index (χ2n) is 5.20. The maximum atomic E-state index is 12.8. The van der Waals surface area contributed by atoms with Crippen molar-refractivity contribution in [3.8, 4) is 0 Å². The molecule has 0 radical (unpaired) electrons. The van der Waals surface area contributed by atoms with E-state index in [-0.39, 0.29) is 16.8 Å². The van der Waals surface area contributed by atoms with E-state index in [1.165, 1.54) is 6.92 Å². The van der Waals surface area contributed by atoms with Crippen LogP contribution in [0.1, 0.15) is 17.3 Å². The minimum absolute atomic E-state index is 0.105. The van der Waals surface area contributed by atoms with Crippen molar-refractivity contribution in [3.63, 3.8) is 0 Å². The number of aromatic amines is 1. The van der Waals surface area contributed by atoms with Gasteiger partial charge >= 0.3 is 0 Å². The maximum absolute atomic E-state index is 12.8. The summed E-state index contributed by atoms with van der Waals surface area (Å²) < 4.78 is 2.40. The van der Waals surface area contributed by atoms with E-state index < -0.39 is 0 Å². The van der Waals surface area contributed by atoms with Gasteiger partial charge in [0.2, 0.25) is 5.43 Å². The number of carbonyl (C=O) groups is 1. The lowest BCUT2D eigenvalue weighted by Crippen LogP contribution is -2.18. The van der Waals surface area contributed by atoms with Crippen LogP contribution in [0.4, 0.5) is 11.5 Å². The fraction of sp³-hybridized carbons (Fsp3) is 0.0588. The van der Waals surface area contributed by atoms with Crippen molar-refractivity contribution in [2.75, 3.05) is 5.32 Å². The Morgan fingerprint density at radius 3 is 2.33 bits per heavy atom. The van der Waals surface area contributed by atoms with Gasteiger partial charge in [-0.05, 0) is 59.3 Å². The first-order chi connectivity index (χ1) is 11.4. The van der Waals surface area contributed by atoms with Crippen molar-refractivity contribution < 1.29 is 4.79 Å². The number of pyridine rings is 1. The van der Waals surface area contributed by atoms with Gasteiger partial charge in [-0.15, -0.1) is 0 Å². The molecule has 0 unspecified atom stereocenters. The number of rotatable bonds is 3. The Hall–Kier alpha value is -1.44. The predicted molar refractivity (Wildman–Crippen MR) is 107 cm³/mol. The van der Waals surface area contributed by atoms with Crippen LogP contribution in [0, 0.1) is 0 Å². The second kappa shape index (κ2) is 6.82. The molecule has 1 heterocycles. The lowest BCUT2D eigenvalue weighted by Gasteiger charge is -2.13. The predicted octanol–water partition coefficient (Wildman–Crippen LogP) is 5.76. The zero-order chi connectivity index (χ0) is 17.4. The monoisotopic (exact) mass is 512 g/mol. The molecule has 0 saturated heterocycles. The third-order valence-electron chi connectivity index (χ3n) is 3.48. The first-order valence-corrected chi connectivity index (χ1v) is 9.33. The molecule has 0 spiro atoms. The van der Waals surface area contributed by atoms with Gasteiger partial charge in [-0.3, -0.25) is 9.59 Å². The zero-order valence-electron chi connectivity index (χ0n) is 12.4. The van der Waals surface area contributed by atoms with Crippen molar-refractivity contribution in [2.24, 2.45) is 0 Å². The number of nitrogens with one attached hydrogen (secondary N) is 2. The molecule has 0 aliphatic rings. The van der Waals surface area contributed by atoms with Gasteiger partial charge in [0, 0.05) is 19.1 Å². The number of benzene rings is 2. The van der Waals surface area contributed by atoms with Crippen molar-refractivity contribution >= 4 is 76.0 Å². The summed E-state index contributed by atoms with van der Waals surface area (Å²) in [6, 6.07) is 11.0. The molecule has 0 aliphatic heterocycles. The lowest BCUT2D eigenvalue weighted by atomic mass is 10.1. The van der Waals surface area contributed by atoms with Gasteiger partial charge in [0.25, 0.3) is 0 Å². The summed E-state index contributed by atoms with van der Waals surface area (Å²) in [5, 5.41) is 3.57. The Balaban J connectivity index is 2.26. The molecule has 0 saturated carbocycles. The summed E-state index contributed by atoms with van der Waals surface area (Å²) in [7, 11) is 0. The first kappa shape index (κ1) is 17.4. The normalized spacial score (nSPS) is 10.8. The molecule has 3 rings (SSSR count). The Kier molecular flexibility index (Phi) is 4.94. The number of hydrogen-bond acceptors (Lipinski definition) is 3. The number of carbonyl (C=O) groups excluding carboxylic acids is 1. The molecule has 7 heteroatoms. The quantitative estimate of drug-likeness (QED) is 0.437. The highest BCUT2D eigenvalue weighted by atomic mass is 79.9. The van der Waals surface area contributed by atoms with Crippen molar-refractivity contribution in [2.45, 2.75) is 6.92 Å². The van der Waals surface area contributed by atoms with Gasteiger partial charge in [-0.1, -0.05) is 31.9 Å². The van der Waals surface area contributed by atoms with Crippen LogP contribution in [0.25, 0.3) is 10.9 Å². The molecule has 0 amide bonds. The summed E-state index contributed by atoms with van der Waals surface area (Å²) in [6.07, 6.45) is 0. The van der Waals surface area contributed by atoms with Crippen LogP contribution < -0.4 is 10.7 Å². The summed E-state index contributed by atoms with van der Waals surface area (Å²) >= 11 is 10.2. The molecule has 24 heavy (non-hydrogen) atoms. The van der Waals surface area contributed by atoms with Gasteiger partial charge in [-0.25, -0.2) is 0 Å². The van der Waals surface area contributed by atoms with Crippen LogP contribution in [0.15, 0.2) is 54.6 Å². The Morgan fingerprint density at radius 2 is 1.71 bits per heavy atom. The number of Topliss-reactive ketones (excluding diaryl/α,β-unsaturated/α-hetero) is 1. The SMILES string of the molecule is CC(=O)c1c(Nc2ccc(Br)cc2)[nH]c2cc(Br)cc(Br)c2c1=O. The van der Waals surface area contributed by atoms with Crippen molar-refractivity contribution in [3.05, 3.63) is 65.6 Å². The summed E-state index contributed by atoms with van der Waals surface area (Å²) in [5.74, 6) is 0.0832. The standard InChI is InChI=1S/C17H11Br3N2O2/c1-8(23)14-16(24)15-12(20)6-10(19)7-13(15)22-17(14)21-11-4-2-9(18)3-5-11/h2-7H,1H3,(H2,21,22,24). The van der Waals surface area contributed by atoms with Crippen molar-refractivity contribution in [1.82, 2.24) is 4.98 Å². The van der Waals surface area contributed by atoms with E-state index >= 15 is 0 Å².